The third-order valence-corrected chi connectivity index (χ3v) is 10.7. The Morgan fingerprint density at radius 2 is 1.85 bits per heavy atom. The molecule has 5 aliphatic rings. The second-order valence-corrected chi connectivity index (χ2v) is 12.0. The van der Waals surface area contributed by atoms with Crippen LogP contribution >= 0.6 is 0 Å². The monoisotopic (exact) mass is 458 g/mol. The summed E-state index contributed by atoms with van der Waals surface area (Å²) in [5.41, 5.74) is 1.34. The highest BCUT2D eigenvalue weighted by Gasteiger charge is 2.63. The summed E-state index contributed by atoms with van der Waals surface area (Å²) in [7, 11) is 1.79. The molecule has 5 aliphatic carbocycles. The molecule has 0 amide bonds. The van der Waals surface area contributed by atoms with E-state index in [9.17, 15) is 9.59 Å². The Morgan fingerprint density at radius 1 is 1.09 bits per heavy atom. The van der Waals surface area contributed by atoms with Gasteiger partial charge in [-0.25, -0.2) is 0 Å². The molecule has 5 rings (SSSR count). The number of ether oxygens (including phenoxy) is 3. The number of methoxy groups -OCH3 is 1. The molecule has 0 aliphatic heterocycles. The van der Waals surface area contributed by atoms with Crippen LogP contribution in [0.25, 0.3) is 0 Å². The van der Waals surface area contributed by atoms with Gasteiger partial charge in [-0.3, -0.25) is 9.59 Å². The lowest BCUT2D eigenvalue weighted by molar-refractivity contribution is -0.244. The molecule has 2 unspecified atom stereocenters. The minimum absolute atomic E-state index is 0.0469. The molecule has 0 heterocycles. The highest BCUT2D eigenvalue weighted by Crippen LogP contribution is 2.67. The summed E-state index contributed by atoms with van der Waals surface area (Å²) in [5.74, 6) is 1.65. The van der Waals surface area contributed by atoms with E-state index in [2.05, 4.69) is 13.8 Å². The average molecular weight is 459 g/mol. The van der Waals surface area contributed by atoms with Crippen LogP contribution in [0.1, 0.15) is 91.4 Å². The molecule has 0 aromatic rings. The summed E-state index contributed by atoms with van der Waals surface area (Å²) in [4.78, 5) is 24.4. The molecule has 0 radical (unpaired) electrons. The Balaban J connectivity index is 1.47. The van der Waals surface area contributed by atoms with Crippen LogP contribution in [0.2, 0.25) is 0 Å². The highest BCUT2D eigenvalue weighted by atomic mass is 16.7. The lowest BCUT2D eigenvalue weighted by atomic mass is 9.45. The second-order valence-electron chi connectivity index (χ2n) is 12.0. The summed E-state index contributed by atoms with van der Waals surface area (Å²) in [6.45, 7) is 6.87. The van der Waals surface area contributed by atoms with Crippen molar-refractivity contribution >= 4 is 11.8 Å². The molecule has 0 aromatic carbocycles. The van der Waals surface area contributed by atoms with E-state index in [0.717, 1.165) is 64.2 Å². The van der Waals surface area contributed by atoms with Gasteiger partial charge in [-0.05, 0) is 81.1 Å². The molecule has 4 saturated carbocycles. The second kappa shape index (κ2) is 8.48. The van der Waals surface area contributed by atoms with E-state index < -0.39 is 5.79 Å². The van der Waals surface area contributed by atoms with Crippen molar-refractivity contribution in [2.24, 2.45) is 34.5 Å². The Morgan fingerprint density at radius 3 is 2.55 bits per heavy atom. The van der Waals surface area contributed by atoms with Crippen LogP contribution in [0, 0.1) is 34.5 Å². The summed E-state index contributed by atoms with van der Waals surface area (Å²) in [6.07, 6.45) is 13.3. The Labute approximate surface area is 199 Å². The van der Waals surface area contributed by atoms with Crippen LogP contribution in [0.3, 0.4) is 0 Å². The topological polar surface area (TPSA) is 61.8 Å². The summed E-state index contributed by atoms with van der Waals surface area (Å²) < 4.78 is 18.5. The standard InChI is InChI=1S/C28H42O5/c1-18-15-21(30)16-20-7-8-22-23-9-10-25(33-19(2)29)26(23,3)14-11-24(22)28(18,20)17-32-27(31-4)12-5-6-13-27/h16,18,22-25H,5-15,17H2,1-4H3/t18?,22-,23-,24+,25?,26-,28-/m0/s1. The maximum atomic E-state index is 12.6. The van der Waals surface area contributed by atoms with Crippen LogP contribution in [-0.2, 0) is 23.8 Å². The molecule has 5 heteroatoms. The summed E-state index contributed by atoms with van der Waals surface area (Å²) >= 11 is 0. The first-order valence-corrected chi connectivity index (χ1v) is 13.3. The van der Waals surface area contributed by atoms with E-state index in [1.165, 1.54) is 5.57 Å². The predicted molar refractivity (Wildman–Crippen MR) is 125 cm³/mol. The predicted octanol–water partition coefficient (Wildman–Crippen LogP) is 5.61. The van der Waals surface area contributed by atoms with Crippen LogP contribution in [0.15, 0.2) is 11.6 Å². The number of hydrogen-bond donors (Lipinski definition) is 0. The lowest BCUT2D eigenvalue weighted by Crippen LogP contribution is -2.57. The van der Waals surface area contributed by atoms with E-state index in [4.69, 9.17) is 14.2 Å². The fourth-order valence-corrected chi connectivity index (χ4v) is 9.01. The molecule has 5 nitrogen and oxygen atoms in total. The number of fused-ring (bicyclic) bond motifs is 5. The SMILES string of the molecule is COC1(OC[C@@]23C(=CC(=O)CC2C)CC[C@@H]2[C@H]3CC[C@]3(C)C(OC(C)=O)CC[C@@H]23)CCCC1. The van der Waals surface area contributed by atoms with Gasteiger partial charge < -0.3 is 14.2 Å². The van der Waals surface area contributed by atoms with Gasteiger partial charge in [-0.15, -0.1) is 0 Å². The van der Waals surface area contributed by atoms with Crippen LogP contribution in [0.4, 0.5) is 0 Å². The van der Waals surface area contributed by atoms with E-state index in [0.29, 0.717) is 30.8 Å². The zero-order chi connectivity index (χ0) is 23.4. The zero-order valence-electron chi connectivity index (χ0n) is 21.0. The average Bonchev–Trinajstić information content (AvgIpc) is 3.37. The quantitative estimate of drug-likeness (QED) is 0.396. The first kappa shape index (κ1) is 23.5. The third-order valence-electron chi connectivity index (χ3n) is 10.7. The number of carbonyl (C=O) groups is 2. The molecular formula is C28H42O5. The van der Waals surface area contributed by atoms with Gasteiger partial charge in [-0.1, -0.05) is 19.4 Å². The van der Waals surface area contributed by atoms with Gasteiger partial charge in [0.05, 0.1) is 6.61 Å². The number of carbonyl (C=O) groups excluding carboxylic acids is 2. The van der Waals surface area contributed by atoms with Gasteiger partial charge >= 0.3 is 5.97 Å². The van der Waals surface area contributed by atoms with Gasteiger partial charge in [-0.2, -0.15) is 0 Å². The molecule has 184 valence electrons. The fraction of sp³-hybridized carbons (Fsp3) is 0.857. The molecule has 0 spiro atoms. The first-order chi connectivity index (χ1) is 15.7. The van der Waals surface area contributed by atoms with Crippen molar-refractivity contribution in [3.8, 4) is 0 Å². The van der Waals surface area contributed by atoms with E-state index in [1.54, 1.807) is 14.0 Å². The minimum Gasteiger partial charge on any atom is -0.462 e. The minimum atomic E-state index is -0.453. The van der Waals surface area contributed by atoms with E-state index in [1.807, 2.05) is 6.08 Å². The smallest absolute Gasteiger partial charge is 0.302 e. The summed E-state index contributed by atoms with van der Waals surface area (Å²) in [6, 6.07) is 0. The highest BCUT2D eigenvalue weighted by molar-refractivity contribution is 5.92. The molecular weight excluding hydrogens is 416 g/mol. The molecule has 0 aromatic heterocycles. The Hall–Kier alpha value is -1.20. The van der Waals surface area contributed by atoms with Crippen molar-refractivity contribution in [2.45, 2.75) is 103 Å². The van der Waals surface area contributed by atoms with Gasteiger partial charge in [0, 0.05) is 44.1 Å². The Kier molecular flexibility index (Phi) is 6.05. The zero-order valence-corrected chi connectivity index (χ0v) is 21.0. The number of esters is 1. The normalized spacial score (nSPS) is 43.9. The molecule has 0 saturated heterocycles. The Bertz CT molecular complexity index is 826. The van der Waals surface area contributed by atoms with Crippen LogP contribution in [0.5, 0.6) is 0 Å². The van der Waals surface area contributed by atoms with Gasteiger partial charge in [0.15, 0.2) is 11.6 Å². The molecule has 4 fully saturated rings. The number of rotatable bonds is 5. The van der Waals surface area contributed by atoms with Crippen molar-refractivity contribution in [1.29, 1.82) is 0 Å². The summed E-state index contributed by atoms with van der Waals surface area (Å²) in [5, 5.41) is 0. The maximum Gasteiger partial charge on any atom is 0.302 e. The maximum absolute atomic E-state index is 12.6. The first-order valence-electron chi connectivity index (χ1n) is 13.3. The van der Waals surface area contributed by atoms with Crippen molar-refractivity contribution in [2.75, 3.05) is 13.7 Å². The van der Waals surface area contributed by atoms with Crippen molar-refractivity contribution in [3.05, 3.63) is 11.6 Å². The largest absolute Gasteiger partial charge is 0.462 e. The lowest BCUT2D eigenvalue weighted by Gasteiger charge is -2.60. The van der Waals surface area contributed by atoms with E-state index in [-0.39, 0.29) is 34.6 Å². The molecule has 33 heavy (non-hydrogen) atoms. The fourth-order valence-electron chi connectivity index (χ4n) is 9.01. The van der Waals surface area contributed by atoms with Crippen molar-refractivity contribution < 1.29 is 23.8 Å². The molecule has 0 N–H and O–H groups in total. The van der Waals surface area contributed by atoms with Crippen LogP contribution in [-0.4, -0.2) is 37.4 Å². The van der Waals surface area contributed by atoms with Crippen molar-refractivity contribution in [3.63, 3.8) is 0 Å². The van der Waals surface area contributed by atoms with Gasteiger partial charge in [0.25, 0.3) is 0 Å². The van der Waals surface area contributed by atoms with Crippen molar-refractivity contribution in [1.82, 2.24) is 0 Å². The third kappa shape index (κ3) is 3.64. The van der Waals surface area contributed by atoms with Gasteiger partial charge in [0.2, 0.25) is 0 Å². The number of hydrogen-bond acceptors (Lipinski definition) is 5. The molecule has 7 atom stereocenters. The van der Waals surface area contributed by atoms with Gasteiger partial charge in [0.1, 0.15) is 6.10 Å². The van der Waals surface area contributed by atoms with Crippen LogP contribution < -0.4 is 0 Å². The number of ketones is 1. The van der Waals surface area contributed by atoms with E-state index >= 15 is 0 Å². The molecule has 0 bridgehead atoms.